The van der Waals surface area contributed by atoms with E-state index in [4.69, 9.17) is 4.74 Å². The van der Waals surface area contributed by atoms with Gasteiger partial charge in [-0.15, -0.1) is 24.0 Å². The van der Waals surface area contributed by atoms with E-state index in [0.717, 1.165) is 38.6 Å². The molecule has 128 valence electrons. The highest BCUT2D eigenvalue weighted by molar-refractivity contribution is 14.0. The van der Waals surface area contributed by atoms with Gasteiger partial charge in [-0.2, -0.15) is 11.3 Å². The van der Waals surface area contributed by atoms with E-state index >= 15 is 0 Å². The first kappa shape index (κ1) is 21.7. The van der Waals surface area contributed by atoms with Crippen LogP contribution >= 0.6 is 35.3 Å². The van der Waals surface area contributed by atoms with Gasteiger partial charge in [-0.1, -0.05) is 6.92 Å². The number of hydrogen-bond donors (Lipinski definition) is 2. The van der Waals surface area contributed by atoms with E-state index in [-0.39, 0.29) is 24.0 Å². The maximum Gasteiger partial charge on any atom is 0.191 e. The van der Waals surface area contributed by atoms with E-state index < -0.39 is 0 Å². The molecule has 1 atom stereocenters. The summed E-state index contributed by atoms with van der Waals surface area (Å²) in [6, 6.07) is 2.18. The van der Waals surface area contributed by atoms with Crippen LogP contribution in [0, 0.1) is 0 Å². The zero-order chi connectivity index (χ0) is 15.5. The molecular formula is C16H30IN3OS. The molecule has 0 bridgehead atoms. The fourth-order valence-corrected chi connectivity index (χ4v) is 2.61. The number of ether oxygens (including phenoxy) is 1. The fourth-order valence-electron chi connectivity index (χ4n) is 1.83. The second kappa shape index (κ2) is 13.1. The molecule has 0 aliphatic rings. The van der Waals surface area contributed by atoms with Gasteiger partial charge >= 0.3 is 0 Å². The smallest absolute Gasteiger partial charge is 0.191 e. The molecule has 0 aromatic carbocycles. The van der Waals surface area contributed by atoms with Gasteiger partial charge in [-0.3, -0.25) is 4.99 Å². The van der Waals surface area contributed by atoms with E-state index in [0.29, 0.717) is 12.0 Å². The minimum Gasteiger partial charge on any atom is -0.379 e. The monoisotopic (exact) mass is 439 g/mol. The molecule has 22 heavy (non-hydrogen) atoms. The third kappa shape index (κ3) is 9.63. The normalized spacial score (nSPS) is 12.9. The average Bonchev–Trinajstić information content (AvgIpc) is 2.97. The minimum atomic E-state index is 0. The first-order valence-corrected chi connectivity index (χ1v) is 8.73. The Morgan fingerprint density at radius 2 is 2.09 bits per heavy atom. The predicted octanol–water partition coefficient (Wildman–Crippen LogP) is 3.84. The van der Waals surface area contributed by atoms with Crippen LogP contribution in [0.5, 0.6) is 0 Å². The highest BCUT2D eigenvalue weighted by atomic mass is 127. The molecule has 0 aliphatic carbocycles. The van der Waals surface area contributed by atoms with Crippen molar-refractivity contribution in [2.75, 3.05) is 26.2 Å². The Balaban J connectivity index is 0.00000441. The summed E-state index contributed by atoms with van der Waals surface area (Å²) < 4.78 is 5.53. The molecule has 0 saturated carbocycles. The largest absolute Gasteiger partial charge is 0.379 e. The van der Waals surface area contributed by atoms with Crippen molar-refractivity contribution in [1.82, 2.24) is 10.6 Å². The zero-order valence-electron chi connectivity index (χ0n) is 14.1. The van der Waals surface area contributed by atoms with Crippen LogP contribution in [0.3, 0.4) is 0 Å². The summed E-state index contributed by atoms with van der Waals surface area (Å²) in [6.45, 7) is 11.8. The second-order valence-electron chi connectivity index (χ2n) is 5.38. The molecule has 0 radical (unpaired) electrons. The van der Waals surface area contributed by atoms with Gasteiger partial charge in [0.25, 0.3) is 0 Å². The van der Waals surface area contributed by atoms with Crippen molar-refractivity contribution >= 4 is 41.3 Å². The van der Waals surface area contributed by atoms with Crippen LogP contribution in [0.1, 0.15) is 45.6 Å². The number of thiophene rings is 1. The number of aliphatic imine (C=N–C) groups is 1. The van der Waals surface area contributed by atoms with Gasteiger partial charge in [0.1, 0.15) is 0 Å². The molecule has 0 fully saturated rings. The van der Waals surface area contributed by atoms with Crippen LogP contribution in [0.25, 0.3) is 0 Å². The van der Waals surface area contributed by atoms with Crippen molar-refractivity contribution in [2.24, 2.45) is 4.99 Å². The lowest BCUT2D eigenvalue weighted by atomic mass is 10.1. The molecule has 0 saturated heterocycles. The Morgan fingerprint density at radius 1 is 1.32 bits per heavy atom. The average molecular weight is 439 g/mol. The lowest BCUT2D eigenvalue weighted by Crippen LogP contribution is -2.38. The second-order valence-corrected chi connectivity index (χ2v) is 6.16. The Morgan fingerprint density at radius 3 is 2.68 bits per heavy atom. The van der Waals surface area contributed by atoms with Crippen LogP contribution in [-0.4, -0.2) is 38.3 Å². The summed E-state index contributed by atoms with van der Waals surface area (Å²) in [7, 11) is 0. The molecule has 1 heterocycles. The van der Waals surface area contributed by atoms with Crippen molar-refractivity contribution in [3.63, 3.8) is 0 Å². The fraction of sp³-hybridized carbons (Fsp3) is 0.688. The van der Waals surface area contributed by atoms with Crippen molar-refractivity contribution in [2.45, 2.75) is 46.1 Å². The summed E-state index contributed by atoms with van der Waals surface area (Å²) in [6.07, 6.45) is 1.29. The van der Waals surface area contributed by atoms with Gasteiger partial charge in [-0.25, -0.2) is 0 Å². The lowest BCUT2D eigenvalue weighted by molar-refractivity contribution is 0.0776. The van der Waals surface area contributed by atoms with Gasteiger partial charge in [0, 0.05) is 32.2 Å². The van der Waals surface area contributed by atoms with E-state index in [2.05, 4.69) is 60.1 Å². The standard InChI is InChI=1S/C16H29N3OS.HI/c1-5-17-16(18-8-6-9-20-13(2)3)19-11-14(4)15-7-10-21-12-15;/h7,10,12-14H,5-6,8-9,11H2,1-4H3,(H2,17,18,19);1H. The molecule has 1 aromatic rings. The summed E-state index contributed by atoms with van der Waals surface area (Å²) in [4.78, 5) is 4.66. The van der Waals surface area contributed by atoms with Crippen molar-refractivity contribution < 1.29 is 4.74 Å². The quantitative estimate of drug-likeness (QED) is 0.266. The molecule has 1 aromatic heterocycles. The third-order valence-corrected chi connectivity index (χ3v) is 3.75. The molecule has 6 heteroatoms. The van der Waals surface area contributed by atoms with Crippen LogP contribution < -0.4 is 10.6 Å². The Kier molecular flexibility index (Phi) is 12.9. The SMILES string of the molecule is CCNC(=NCC(C)c1ccsc1)NCCCOC(C)C.I. The Bertz CT molecular complexity index is 396. The first-order valence-electron chi connectivity index (χ1n) is 7.79. The molecule has 2 N–H and O–H groups in total. The number of nitrogens with one attached hydrogen (secondary N) is 2. The number of halogens is 1. The first-order chi connectivity index (χ1) is 10.1. The number of nitrogens with zero attached hydrogens (tertiary/aromatic N) is 1. The molecule has 4 nitrogen and oxygen atoms in total. The molecule has 0 amide bonds. The van der Waals surface area contributed by atoms with Crippen LogP contribution in [-0.2, 0) is 4.74 Å². The van der Waals surface area contributed by atoms with Crippen molar-refractivity contribution in [3.8, 4) is 0 Å². The minimum absolute atomic E-state index is 0. The third-order valence-electron chi connectivity index (χ3n) is 3.04. The molecule has 1 unspecified atom stereocenters. The number of rotatable bonds is 9. The Hall–Kier alpha value is -0.340. The maximum absolute atomic E-state index is 5.53. The van der Waals surface area contributed by atoms with Gasteiger partial charge < -0.3 is 15.4 Å². The number of guanidine groups is 1. The zero-order valence-corrected chi connectivity index (χ0v) is 17.2. The Labute approximate surface area is 156 Å². The van der Waals surface area contributed by atoms with E-state index in [1.807, 2.05) is 0 Å². The summed E-state index contributed by atoms with van der Waals surface area (Å²) in [5.74, 6) is 1.35. The molecular weight excluding hydrogens is 409 g/mol. The van der Waals surface area contributed by atoms with Crippen LogP contribution in [0.4, 0.5) is 0 Å². The summed E-state index contributed by atoms with van der Waals surface area (Å²) in [5, 5.41) is 11.0. The highest BCUT2D eigenvalue weighted by Gasteiger charge is 2.05. The summed E-state index contributed by atoms with van der Waals surface area (Å²) in [5.41, 5.74) is 1.37. The molecule has 0 spiro atoms. The van der Waals surface area contributed by atoms with Crippen LogP contribution in [0.15, 0.2) is 21.8 Å². The molecule has 0 aliphatic heterocycles. The van der Waals surface area contributed by atoms with Gasteiger partial charge in [0.15, 0.2) is 5.96 Å². The van der Waals surface area contributed by atoms with Gasteiger partial charge in [0.05, 0.1) is 6.10 Å². The summed E-state index contributed by atoms with van der Waals surface area (Å²) >= 11 is 1.74. The number of hydrogen-bond acceptors (Lipinski definition) is 3. The lowest BCUT2D eigenvalue weighted by Gasteiger charge is -2.13. The van der Waals surface area contributed by atoms with Crippen molar-refractivity contribution in [3.05, 3.63) is 22.4 Å². The van der Waals surface area contributed by atoms with E-state index in [9.17, 15) is 0 Å². The topological polar surface area (TPSA) is 45.7 Å². The predicted molar refractivity (Wildman–Crippen MR) is 108 cm³/mol. The van der Waals surface area contributed by atoms with Crippen LogP contribution in [0.2, 0.25) is 0 Å². The van der Waals surface area contributed by atoms with Crippen molar-refractivity contribution in [1.29, 1.82) is 0 Å². The van der Waals surface area contributed by atoms with E-state index in [1.54, 1.807) is 11.3 Å². The van der Waals surface area contributed by atoms with Gasteiger partial charge in [0.2, 0.25) is 0 Å². The molecule has 1 rings (SSSR count). The van der Waals surface area contributed by atoms with E-state index in [1.165, 1.54) is 5.56 Å². The van der Waals surface area contributed by atoms with Gasteiger partial charge in [-0.05, 0) is 49.6 Å². The maximum atomic E-state index is 5.53. The highest BCUT2D eigenvalue weighted by Crippen LogP contribution is 2.18.